The largest absolute Gasteiger partial charge is 0.343 e. The molecule has 1 aliphatic rings. The minimum atomic E-state index is 0.318. The molecule has 1 aliphatic heterocycles. The van der Waals surface area contributed by atoms with Crippen molar-refractivity contribution in [2.75, 3.05) is 52.9 Å². The Morgan fingerprint density at radius 3 is 2.25 bits per heavy atom. The van der Waals surface area contributed by atoms with Crippen molar-refractivity contribution in [3.05, 3.63) is 0 Å². The Kier molecular flexibility index (Phi) is 8.86. The van der Waals surface area contributed by atoms with Gasteiger partial charge in [0.05, 0.1) is 0 Å². The van der Waals surface area contributed by atoms with Gasteiger partial charge in [-0.15, -0.1) is 0 Å². The molecular weight excluding hydrogens is 250 g/mol. The van der Waals surface area contributed by atoms with Crippen molar-refractivity contribution < 1.29 is 4.79 Å². The van der Waals surface area contributed by atoms with Gasteiger partial charge in [-0.05, 0) is 32.9 Å². The molecule has 1 rings (SSSR count). The molecule has 1 fully saturated rings. The molecule has 0 atom stereocenters. The second-order valence-electron chi connectivity index (χ2n) is 5.94. The van der Waals surface area contributed by atoms with Crippen molar-refractivity contribution >= 4 is 5.91 Å². The third-order valence-corrected chi connectivity index (χ3v) is 4.19. The van der Waals surface area contributed by atoms with Crippen LogP contribution in [0.4, 0.5) is 0 Å². The average Bonchev–Trinajstić information content (AvgIpc) is 2.47. The van der Waals surface area contributed by atoms with E-state index in [9.17, 15) is 4.79 Å². The van der Waals surface area contributed by atoms with Gasteiger partial charge in [-0.3, -0.25) is 4.79 Å². The lowest BCUT2D eigenvalue weighted by Gasteiger charge is -2.32. The number of piperazine rings is 1. The molecule has 0 N–H and O–H groups in total. The highest BCUT2D eigenvalue weighted by molar-refractivity contribution is 5.75. The molecule has 4 heteroatoms. The molecule has 0 radical (unpaired) electrons. The van der Waals surface area contributed by atoms with E-state index in [2.05, 4.69) is 28.7 Å². The maximum absolute atomic E-state index is 11.9. The van der Waals surface area contributed by atoms with Gasteiger partial charge in [0.15, 0.2) is 0 Å². The van der Waals surface area contributed by atoms with Gasteiger partial charge in [-0.25, -0.2) is 0 Å². The summed E-state index contributed by atoms with van der Waals surface area (Å²) in [5.41, 5.74) is 0. The normalized spacial score (nSPS) is 17.4. The highest BCUT2D eigenvalue weighted by Crippen LogP contribution is 2.05. The highest BCUT2D eigenvalue weighted by atomic mass is 16.2. The third-order valence-electron chi connectivity index (χ3n) is 4.19. The van der Waals surface area contributed by atoms with E-state index in [0.29, 0.717) is 12.3 Å². The van der Waals surface area contributed by atoms with Crippen LogP contribution < -0.4 is 0 Å². The number of hydrogen-bond acceptors (Lipinski definition) is 3. The van der Waals surface area contributed by atoms with Crippen LogP contribution in [-0.2, 0) is 4.79 Å². The van der Waals surface area contributed by atoms with E-state index in [1.165, 1.54) is 39.1 Å². The lowest BCUT2D eigenvalue weighted by molar-refractivity contribution is -0.131. The van der Waals surface area contributed by atoms with Gasteiger partial charge in [0.25, 0.3) is 0 Å². The van der Waals surface area contributed by atoms with Crippen LogP contribution in [0.1, 0.15) is 46.0 Å². The van der Waals surface area contributed by atoms with Crippen molar-refractivity contribution in [2.45, 2.75) is 46.0 Å². The first-order valence-electron chi connectivity index (χ1n) is 8.36. The molecule has 20 heavy (non-hydrogen) atoms. The van der Waals surface area contributed by atoms with Gasteiger partial charge >= 0.3 is 0 Å². The van der Waals surface area contributed by atoms with Crippen LogP contribution in [0.15, 0.2) is 0 Å². The van der Waals surface area contributed by atoms with Gasteiger partial charge in [0.1, 0.15) is 0 Å². The van der Waals surface area contributed by atoms with Crippen LogP contribution >= 0.6 is 0 Å². The third kappa shape index (κ3) is 6.71. The minimum Gasteiger partial charge on any atom is -0.343 e. The van der Waals surface area contributed by atoms with Gasteiger partial charge in [-0.2, -0.15) is 0 Å². The first-order valence-corrected chi connectivity index (χ1v) is 8.36. The Balaban J connectivity index is 2.14. The fourth-order valence-corrected chi connectivity index (χ4v) is 2.64. The number of hydrogen-bond donors (Lipinski definition) is 0. The van der Waals surface area contributed by atoms with E-state index in [4.69, 9.17) is 0 Å². The van der Waals surface area contributed by atoms with E-state index in [0.717, 1.165) is 32.4 Å². The van der Waals surface area contributed by atoms with Crippen LogP contribution in [0.3, 0.4) is 0 Å². The zero-order chi connectivity index (χ0) is 14.8. The highest BCUT2D eigenvalue weighted by Gasteiger charge is 2.14. The summed E-state index contributed by atoms with van der Waals surface area (Å²) in [6.07, 6.45) is 5.28. The van der Waals surface area contributed by atoms with E-state index in [-0.39, 0.29) is 0 Å². The monoisotopic (exact) mass is 283 g/mol. The zero-order valence-corrected chi connectivity index (χ0v) is 13.7. The van der Waals surface area contributed by atoms with E-state index in [1.807, 2.05) is 6.92 Å². The molecule has 118 valence electrons. The van der Waals surface area contributed by atoms with Crippen LogP contribution in [-0.4, -0.2) is 73.5 Å². The molecule has 4 nitrogen and oxygen atoms in total. The Bertz CT molecular complexity index is 262. The smallest absolute Gasteiger partial charge is 0.222 e. The molecule has 0 aromatic heterocycles. The van der Waals surface area contributed by atoms with Crippen LogP contribution in [0.2, 0.25) is 0 Å². The maximum Gasteiger partial charge on any atom is 0.222 e. The fraction of sp³-hybridized carbons (Fsp3) is 0.938. The average molecular weight is 283 g/mol. The summed E-state index contributed by atoms with van der Waals surface area (Å²) in [5.74, 6) is 0.318. The Morgan fingerprint density at radius 1 is 1.00 bits per heavy atom. The lowest BCUT2D eigenvalue weighted by atomic mass is 10.2. The van der Waals surface area contributed by atoms with Gasteiger partial charge in [0, 0.05) is 45.7 Å². The first-order chi connectivity index (χ1) is 9.67. The SMILES string of the molecule is CCCCN(CCCCN1CCN(C)CC1)C(=O)CC. The number of carbonyl (C=O) groups is 1. The molecule has 0 unspecified atom stereocenters. The van der Waals surface area contributed by atoms with E-state index >= 15 is 0 Å². The number of nitrogens with zero attached hydrogens (tertiary/aromatic N) is 3. The minimum absolute atomic E-state index is 0.318. The number of unbranched alkanes of at least 4 members (excludes halogenated alkanes) is 2. The van der Waals surface area contributed by atoms with Crippen molar-refractivity contribution in [3.63, 3.8) is 0 Å². The number of carbonyl (C=O) groups excluding carboxylic acids is 1. The van der Waals surface area contributed by atoms with E-state index < -0.39 is 0 Å². The molecular formula is C16H33N3O. The predicted octanol–water partition coefficient (Wildman–Crippen LogP) is 2.05. The van der Waals surface area contributed by atoms with Crippen molar-refractivity contribution in [1.29, 1.82) is 0 Å². The summed E-state index contributed by atoms with van der Waals surface area (Å²) >= 11 is 0. The molecule has 0 aliphatic carbocycles. The summed E-state index contributed by atoms with van der Waals surface area (Å²) in [7, 11) is 2.19. The topological polar surface area (TPSA) is 26.8 Å². The number of likely N-dealkylation sites (N-methyl/N-ethyl adjacent to an activating group) is 1. The van der Waals surface area contributed by atoms with Gasteiger partial charge < -0.3 is 14.7 Å². The Morgan fingerprint density at radius 2 is 1.65 bits per heavy atom. The molecule has 0 saturated carbocycles. The zero-order valence-electron chi connectivity index (χ0n) is 13.7. The summed E-state index contributed by atoms with van der Waals surface area (Å²) < 4.78 is 0. The quantitative estimate of drug-likeness (QED) is 0.606. The summed E-state index contributed by atoms with van der Waals surface area (Å²) in [6, 6.07) is 0. The van der Waals surface area contributed by atoms with E-state index in [1.54, 1.807) is 0 Å². The summed E-state index contributed by atoms with van der Waals surface area (Å²) in [5, 5.41) is 0. The van der Waals surface area contributed by atoms with Crippen LogP contribution in [0.5, 0.6) is 0 Å². The molecule has 0 aromatic carbocycles. The molecule has 1 saturated heterocycles. The Hall–Kier alpha value is -0.610. The molecule has 0 aromatic rings. The number of amides is 1. The standard InChI is InChI=1S/C16H33N3O/c1-4-6-10-19(16(20)5-2)11-8-7-9-18-14-12-17(3)13-15-18/h4-15H2,1-3H3. The van der Waals surface area contributed by atoms with Gasteiger partial charge in [-0.1, -0.05) is 20.3 Å². The van der Waals surface area contributed by atoms with Crippen molar-refractivity contribution in [2.24, 2.45) is 0 Å². The second-order valence-corrected chi connectivity index (χ2v) is 5.94. The molecule has 0 spiro atoms. The molecule has 0 bridgehead atoms. The first kappa shape index (κ1) is 17.4. The predicted molar refractivity (Wildman–Crippen MR) is 85.0 cm³/mol. The molecule has 1 amide bonds. The summed E-state index contributed by atoms with van der Waals surface area (Å²) in [6.45, 7) is 12.0. The van der Waals surface area contributed by atoms with Crippen molar-refractivity contribution in [3.8, 4) is 0 Å². The summed E-state index contributed by atoms with van der Waals surface area (Å²) in [4.78, 5) is 18.9. The fourth-order valence-electron chi connectivity index (χ4n) is 2.64. The maximum atomic E-state index is 11.9. The van der Waals surface area contributed by atoms with Crippen LogP contribution in [0, 0.1) is 0 Å². The lowest BCUT2D eigenvalue weighted by Crippen LogP contribution is -2.44. The van der Waals surface area contributed by atoms with Crippen molar-refractivity contribution in [1.82, 2.24) is 14.7 Å². The molecule has 1 heterocycles. The van der Waals surface area contributed by atoms with Crippen LogP contribution in [0.25, 0.3) is 0 Å². The van der Waals surface area contributed by atoms with Gasteiger partial charge in [0.2, 0.25) is 5.91 Å². The number of rotatable bonds is 9. The Labute approximate surface area is 125 Å². The second kappa shape index (κ2) is 10.2.